The number of hydrogen-bond acceptors (Lipinski definition) is 3. The molecule has 1 amide bonds. The Morgan fingerprint density at radius 2 is 1.90 bits per heavy atom. The topological polar surface area (TPSA) is 58.6 Å². The number of rotatable bonds is 6. The fraction of sp³-hybridized carbons (Fsp3) is 0.458. The lowest BCUT2D eigenvalue weighted by Gasteiger charge is -2.41. The Morgan fingerprint density at radius 1 is 1.14 bits per heavy atom. The summed E-state index contributed by atoms with van der Waals surface area (Å²) in [6.07, 6.45) is 3.09. The van der Waals surface area contributed by atoms with Gasteiger partial charge in [0.15, 0.2) is 0 Å². The molecule has 2 aliphatic heterocycles. The monoisotopic (exact) mass is 395 g/mol. The van der Waals surface area contributed by atoms with Gasteiger partial charge in [0.1, 0.15) is 25.0 Å². The molecule has 0 saturated carbocycles. The van der Waals surface area contributed by atoms with Crippen LogP contribution in [0.15, 0.2) is 48.5 Å². The summed E-state index contributed by atoms with van der Waals surface area (Å²) in [5.41, 5.74) is 3.40. The number of fused-ring (bicyclic) bond motifs is 1. The molecule has 1 saturated heterocycles. The minimum atomic E-state index is -0.515. The second-order valence-corrected chi connectivity index (χ2v) is 8.77. The van der Waals surface area contributed by atoms with Crippen molar-refractivity contribution in [1.82, 2.24) is 0 Å². The van der Waals surface area contributed by atoms with E-state index in [4.69, 9.17) is 4.74 Å². The quantitative estimate of drug-likeness (QED) is 0.738. The number of piperidine rings is 1. The van der Waals surface area contributed by atoms with Crippen LogP contribution in [-0.2, 0) is 11.2 Å². The maximum atomic E-state index is 11.6. The predicted molar refractivity (Wildman–Crippen MR) is 114 cm³/mol. The summed E-state index contributed by atoms with van der Waals surface area (Å²) in [5.74, 6) is 1.36. The van der Waals surface area contributed by atoms with Gasteiger partial charge in [-0.25, -0.2) is 0 Å². The average Bonchev–Trinajstić information content (AvgIpc) is 2.73. The number of likely N-dealkylation sites (N-methyl/N-ethyl adjacent to an activating group) is 1. The number of benzene rings is 2. The minimum Gasteiger partial charge on any atom is -0.491 e. The maximum absolute atomic E-state index is 11.6. The van der Waals surface area contributed by atoms with Gasteiger partial charge in [0.05, 0.1) is 20.1 Å². The number of ether oxygens (including phenoxy) is 1. The van der Waals surface area contributed by atoms with Crippen LogP contribution in [0.2, 0.25) is 0 Å². The first kappa shape index (κ1) is 19.9. The Kier molecular flexibility index (Phi) is 5.88. The Labute approximate surface area is 172 Å². The zero-order chi connectivity index (χ0) is 20.3. The van der Waals surface area contributed by atoms with Gasteiger partial charge < -0.3 is 19.6 Å². The molecule has 1 fully saturated rings. The van der Waals surface area contributed by atoms with E-state index in [0.29, 0.717) is 24.6 Å². The highest BCUT2D eigenvalue weighted by Gasteiger charge is 2.32. The molecule has 2 heterocycles. The number of anilines is 1. The highest BCUT2D eigenvalue weighted by atomic mass is 16.5. The number of aliphatic hydroxyl groups excluding tert-OH is 1. The number of quaternary nitrogens is 1. The van der Waals surface area contributed by atoms with Crippen molar-refractivity contribution in [2.45, 2.75) is 37.7 Å². The summed E-state index contributed by atoms with van der Waals surface area (Å²) in [7, 11) is 2.23. The molecule has 5 heteroatoms. The SMILES string of the molecule is C[N+]1(CC(O)COc2ccc3c(c2)NC(=O)CC3)CCC(c2ccccc2)CC1. The van der Waals surface area contributed by atoms with Crippen LogP contribution in [0.5, 0.6) is 5.75 Å². The lowest BCUT2D eigenvalue weighted by molar-refractivity contribution is -0.917. The fourth-order valence-electron chi connectivity index (χ4n) is 4.63. The smallest absolute Gasteiger partial charge is 0.224 e. The summed E-state index contributed by atoms with van der Waals surface area (Å²) in [6, 6.07) is 16.5. The zero-order valence-electron chi connectivity index (χ0n) is 17.1. The van der Waals surface area contributed by atoms with Gasteiger partial charge in [0.25, 0.3) is 0 Å². The summed E-state index contributed by atoms with van der Waals surface area (Å²) in [4.78, 5) is 11.6. The van der Waals surface area contributed by atoms with Crippen molar-refractivity contribution in [2.24, 2.45) is 0 Å². The summed E-state index contributed by atoms with van der Waals surface area (Å²) in [5, 5.41) is 13.5. The third kappa shape index (κ3) is 4.98. The molecule has 1 atom stereocenters. The van der Waals surface area contributed by atoms with Crippen LogP contribution in [0.4, 0.5) is 5.69 Å². The van der Waals surface area contributed by atoms with E-state index in [1.54, 1.807) is 0 Å². The molecule has 2 aromatic rings. The summed E-state index contributed by atoms with van der Waals surface area (Å²) < 4.78 is 6.72. The van der Waals surface area contributed by atoms with Crippen molar-refractivity contribution >= 4 is 11.6 Å². The van der Waals surface area contributed by atoms with Gasteiger partial charge in [-0.15, -0.1) is 0 Å². The minimum absolute atomic E-state index is 0.0472. The number of aliphatic hydroxyl groups is 1. The van der Waals surface area contributed by atoms with Crippen molar-refractivity contribution in [2.75, 3.05) is 38.6 Å². The van der Waals surface area contributed by atoms with Crippen LogP contribution in [0.3, 0.4) is 0 Å². The maximum Gasteiger partial charge on any atom is 0.224 e. The molecule has 0 spiro atoms. The average molecular weight is 396 g/mol. The molecule has 29 heavy (non-hydrogen) atoms. The lowest BCUT2D eigenvalue weighted by Crippen LogP contribution is -2.54. The third-order valence-corrected chi connectivity index (χ3v) is 6.38. The number of carbonyl (C=O) groups is 1. The molecule has 0 aromatic heterocycles. The van der Waals surface area contributed by atoms with Crippen molar-refractivity contribution in [1.29, 1.82) is 0 Å². The first-order valence-corrected chi connectivity index (χ1v) is 10.6. The van der Waals surface area contributed by atoms with E-state index < -0.39 is 6.10 Å². The predicted octanol–water partition coefficient (Wildman–Crippen LogP) is 3.34. The van der Waals surface area contributed by atoms with E-state index in [0.717, 1.165) is 48.1 Å². The zero-order valence-corrected chi connectivity index (χ0v) is 17.1. The first-order chi connectivity index (χ1) is 14.0. The molecular weight excluding hydrogens is 364 g/mol. The van der Waals surface area contributed by atoms with Crippen molar-refractivity contribution in [3.63, 3.8) is 0 Å². The number of hydrogen-bond donors (Lipinski definition) is 2. The molecule has 4 rings (SSSR count). The van der Waals surface area contributed by atoms with E-state index in [-0.39, 0.29) is 12.5 Å². The molecule has 2 N–H and O–H groups in total. The van der Waals surface area contributed by atoms with E-state index in [1.807, 2.05) is 18.2 Å². The number of aryl methyl sites for hydroxylation is 1. The number of amides is 1. The van der Waals surface area contributed by atoms with Crippen LogP contribution in [0.1, 0.15) is 36.3 Å². The van der Waals surface area contributed by atoms with E-state index in [9.17, 15) is 9.90 Å². The largest absolute Gasteiger partial charge is 0.491 e. The van der Waals surface area contributed by atoms with Crippen LogP contribution < -0.4 is 10.1 Å². The van der Waals surface area contributed by atoms with E-state index in [2.05, 4.69) is 42.7 Å². The Bertz CT molecular complexity index is 844. The molecule has 0 aliphatic carbocycles. The van der Waals surface area contributed by atoms with Crippen molar-refractivity contribution in [3.8, 4) is 5.75 Å². The van der Waals surface area contributed by atoms with Crippen LogP contribution in [0, 0.1) is 0 Å². The molecule has 2 aliphatic rings. The standard InChI is InChI=1S/C24H30N2O3/c1-26(13-11-19(12-14-26)18-5-3-2-4-6-18)16-21(27)17-29-22-9-7-20-8-10-24(28)25-23(20)15-22/h2-7,9,15,19,21,27H,8,10-14,16-17H2,1H3/p+1. The van der Waals surface area contributed by atoms with Gasteiger partial charge in [-0.05, 0) is 29.5 Å². The van der Waals surface area contributed by atoms with Gasteiger partial charge in [-0.2, -0.15) is 0 Å². The first-order valence-electron chi connectivity index (χ1n) is 10.6. The van der Waals surface area contributed by atoms with Gasteiger partial charge >= 0.3 is 0 Å². The summed E-state index contributed by atoms with van der Waals surface area (Å²) in [6.45, 7) is 3.11. The molecule has 0 radical (unpaired) electrons. The van der Waals surface area contributed by atoms with E-state index >= 15 is 0 Å². The highest BCUT2D eigenvalue weighted by molar-refractivity contribution is 5.94. The molecule has 154 valence electrons. The number of nitrogens with one attached hydrogen (secondary N) is 1. The molecular formula is C24H31N2O3+. The van der Waals surface area contributed by atoms with Gasteiger partial charge in [0.2, 0.25) is 5.91 Å². The second-order valence-electron chi connectivity index (χ2n) is 8.77. The summed E-state index contributed by atoms with van der Waals surface area (Å²) >= 11 is 0. The van der Waals surface area contributed by atoms with Crippen LogP contribution in [0.25, 0.3) is 0 Å². The Hall–Kier alpha value is -2.37. The highest BCUT2D eigenvalue weighted by Crippen LogP contribution is 2.31. The van der Waals surface area contributed by atoms with Crippen molar-refractivity contribution < 1.29 is 19.1 Å². The number of carbonyl (C=O) groups excluding carboxylic acids is 1. The Morgan fingerprint density at radius 3 is 2.66 bits per heavy atom. The third-order valence-electron chi connectivity index (χ3n) is 6.38. The normalized spacial score (nSPS) is 25.0. The Balaban J connectivity index is 1.27. The molecule has 1 unspecified atom stereocenters. The second kappa shape index (κ2) is 8.56. The number of likely N-dealkylation sites (tertiary alicyclic amines) is 1. The van der Waals surface area contributed by atoms with Crippen LogP contribution in [-0.4, -0.2) is 54.9 Å². The molecule has 5 nitrogen and oxygen atoms in total. The number of nitrogens with zero attached hydrogens (tertiary/aromatic N) is 1. The van der Waals surface area contributed by atoms with Crippen molar-refractivity contribution in [3.05, 3.63) is 59.7 Å². The fourth-order valence-corrected chi connectivity index (χ4v) is 4.63. The van der Waals surface area contributed by atoms with Gasteiger partial charge in [-0.1, -0.05) is 36.4 Å². The van der Waals surface area contributed by atoms with E-state index in [1.165, 1.54) is 5.56 Å². The van der Waals surface area contributed by atoms with Gasteiger partial charge in [0, 0.05) is 31.0 Å². The molecule has 2 aromatic carbocycles. The van der Waals surface area contributed by atoms with Crippen LogP contribution >= 0.6 is 0 Å². The van der Waals surface area contributed by atoms with Gasteiger partial charge in [-0.3, -0.25) is 4.79 Å². The molecule has 0 bridgehead atoms. The lowest BCUT2D eigenvalue weighted by atomic mass is 9.88.